The molecule has 0 unspecified atom stereocenters. The van der Waals surface area contributed by atoms with E-state index < -0.39 is 10.0 Å². The van der Waals surface area contributed by atoms with Crippen LogP contribution in [0.15, 0.2) is 15.7 Å². The number of thiophene rings is 1. The Morgan fingerprint density at radius 1 is 1.26 bits per heavy atom. The van der Waals surface area contributed by atoms with Gasteiger partial charge in [0.1, 0.15) is 4.21 Å². The van der Waals surface area contributed by atoms with Crippen LogP contribution < -0.4 is 0 Å². The van der Waals surface area contributed by atoms with Gasteiger partial charge in [0, 0.05) is 32.2 Å². The topological polar surface area (TPSA) is 60.9 Å². The van der Waals surface area contributed by atoms with Gasteiger partial charge < -0.3 is 5.11 Å². The fraction of sp³-hybridized carbons (Fsp3) is 0.667. The molecule has 1 aliphatic carbocycles. The molecule has 0 aromatic carbocycles. The molecule has 1 aliphatic heterocycles. The fourth-order valence-electron chi connectivity index (χ4n) is 2.45. The minimum Gasteiger partial charge on any atom is -0.392 e. The molecule has 2 fully saturated rings. The Bertz CT molecular complexity index is 543. The zero-order valence-corrected chi connectivity index (χ0v) is 12.3. The molecule has 19 heavy (non-hydrogen) atoms. The van der Waals surface area contributed by atoms with E-state index in [1.165, 1.54) is 24.2 Å². The number of hydrogen-bond acceptors (Lipinski definition) is 5. The van der Waals surface area contributed by atoms with E-state index in [4.69, 9.17) is 5.11 Å². The molecule has 1 aromatic heterocycles. The molecule has 0 amide bonds. The van der Waals surface area contributed by atoms with Gasteiger partial charge in [-0.1, -0.05) is 0 Å². The summed E-state index contributed by atoms with van der Waals surface area (Å²) in [6.45, 7) is 2.71. The Kier molecular flexibility index (Phi) is 3.65. The van der Waals surface area contributed by atoms with Crippen molar-refractivity contribution < 1.29 is 13.5 Å². The van der Waals surface area contributed by atoms with E-state index in [2.05, 4.69) is 4.90 Å². The molecular formula is C12H18N2O3S2. The van der Waals surface area contributed by atoms with Gasteiger partial charge in [-0.3, -0.25) is 4.90 Å². The first-order valence-electron chi connectivity index (χ1n) is 6.54. The van der Waals surface area contributed by atoms with E-state index in [0.29, 0.717) is 28.9 Å². The summed E-state index contributed by atoms with van der Waals surface area (Å²) in [6, 6.07) is 2.28. The van der Waals surface area contributed by atoms with Gasteiger partial charge in [-0.2, -0.15) is 4.31 Å². The number of sulfonamides is 1. The molecule has 1 saturated carbocycles. The fourth-order valence-corrected chi connectivity index (χ4v) is 5.22. The second-order valence-corrected chi connectivity index (χ2v) is 8.18. The van der Waals surface area contributed by atoms with Crippen molar-refractivity contribution in [2.24, 2.45) is 0 Å². The zero-order chi connectivity index (χ0) is 13.5. The van der Waals surface area contributed by atoms with Crippen molar-refractivity contribution >= 4 is 21.4 Å². The summed E-state index contributed by atoms with van der Waals surface area (Å²) in [4.78, 5) is 2.39. The summed E-state index contributed by atoms with van der Waals surface area (Å²) in [5.41, 5.74) is 0.667. The number of aliphatic hydroxyl groups is 1. The highest BCUT2D eigenvalue weighted by molar-refractivity contribution is 7.91. The van der Waals surface area contributed by atoms with Crippen molar-refractivity contribution in [3.05, 3.63) is 17.0 Å². The van der Waals surface area contributed by atoms with E-state index in [1.54, 1.807) is 15.8 Å². The minimum absolute atomic E-state index is 0.110. The summed E-state index contributed by atoms with van der Waals surface area (Å²) in [5.74, 6) is 0. The van der Waals surface area contributed by atoms with Crippen molar-refractivity contribution in [2.45, 2.75) is 29.7 Å². The van der Waals surface area contributed by atoms with Gasteiger partial charge >= 0.3 is 0 Å². The van der Waals surface area contributed by atoms with Crippen molar-refractivity contribution in [1.29, 1.82) is 0 Å². The maximum absolute atomic E-state index is 12.4. The monoisotopic (exact) mass is 302 g/mol. The van der Waals surface area contributed by atoms with E-state index in [9.17, 15) is 8.42 Å². The van der Waals surface area contributed by atoms with Crippen molar-refractivity contribution in [1.82, 2.24) is 9.21 Å². The Balaban J connectivity index is 1.70. The lowest BCUT2D eigenvalue weighted by Gasteiger charge is -2.33. The zero-order valence-electron chi connectivity index (χ0n) is 10.7. The van der Waals surface area contributed by atoms with Crippen LogP contribution in [0, 0.1) is 0 Å². The van der Waals surface area contributed by atoms with E-state index >= 15 is 0 Å². The highest BCUT2D eigenvalue weighted by Crippen LogP contribution is 2.29. The lowest BCUT2D eigenvalue weighted by molar-refractivity contribution is 0.181. The molecule has 0 bridgehead atoms. The van der Waals surface area contributed by atoms with Gasteiger partial charge in [-0.25, -0.2) is 8.42 Å². The Labute approximate surface area is 117 Å². The quantitative estimate of drug-likeness (QED) is 0.890. The van der Waals surface area contributed by atoms with Crippen LogP contribution >= 0.6 is 11.3 Å². The van der Waals surface area contributed by atoms with E-state index in [0.717, 1.165) is 13.1 Å². The van der Waals surface area contributed by atoms with Crippen molar-refractivity contribution in [3.63, 3.8) is 0 Å². The van der Waals surface area contributed by atoms with Crippen molar-refractivity contribution in [2.75, 3.05) is 26.2 Å². The molecule has 106 valence electrons. The molecule has 3 rings (SSSR count). The number of rotatable bonds is 4. The van der Waals surface area contributed by atoms with Gasteiger partial charge in [0.15, 0.2) is 0 Å². The smallest absolute Gasteiger partial charge is 0.252 e. The molecule has 0 atom stereocenters. The second-order valence-electron chi connectivity index (χ2n) is 5.10. The number of piperazine rings is 1. The minimum atomic E-state index is -3.37. The summed E-state index contributed by atoms with van der Waals surface area (Å²) in [6.07, 6.45) is 2.52. The van der Waals surface area contributed by atoms with Gasteiger partial charge in [0.25, 0.3) is 10.0 Å². The highest BCUT2D eigenvalue weighted by Gasteiger charge is 2.35. The molecule has 1 N–H and O–H groups in total. The van der Waals surface area contributed by atoms with Crippen LogP contribution in [0.4, 0.5) is 0 Å². The number of aliphatic hydroxyl groups excluding tert-OH is 1. The predicted octanol–water partition coefficient (Wildman–Crippen LogP) is 0.709. The van der Waals surface area contributed by atoms with Crippen molar-refractivity contribution in [3.8, 4) is 0 Å². The molecule has 2 heterocycles. The molecule has 1 aromatic rings. The van der Waals surface area contributed by atoms with E-state index in [-0.39, 0.29) is 6.61 Å². The maximum Gasteiger partial charge on any atom is 0.252 e. The third-order valence-electron chi connectivity index (χ3n) is 3.74. The van der Waals surface area contributed by atoms with Gasteiger partial charge in [0.05, 0.1) is 6.61 Å². The molecule has 5 nitrogen and oxygen atoms in total. The molecular weight excluding hydrogens is 284 g/mol. The molecule has 1 saturated heterocycles. The summed E-state index contributed by atoms with van der Waals surface area (Å²) >= 11 is 1.19. The molecule has 0 radical (unpaired) electrons. The summed E-state index contributed by atoms with van der Waals surface area (Å²) < 4.78 is 26.8. The first kappa shape index (κ1) is 13.5. The number of nitrogens with zero attached hydrogens (tertiary/aromatic N) is 2. The SMILES string of the molecule is O=S(=O)(c1cc(CO)cs1)N1CCN(C2CC2)CC1. The van der Waals surface area contributed by atoms with Gasteiger partial charge in [0.2, 0.25) is 0 Å². The lowest BCUT2D eigenvalue weighted by Crippen LogP contribution is -2.49. The average Bonchev–Trinajstić information content (AvgIpc) is 3.15. The normalized spacial score (nSPS) is 22.8. The first-order valence-corrected chi connectivity index (χ1v) is 8.85. The Hall–Kier alpha value is -0.470. The first-order chi connectivity index (χ1) is 9.11. The molecule has 0 spiro atoms. The Morgan fingerprint density at radius 3 is 2.47 bits per heavy atom. The predicted molar refractivity (Wildman–Crippen MR) is 73.6 cm³/mol. The Morgan fingerprint density at radius 2 is 1.95 bits per heavy atom. The summed E-state index contributed by atoms with van der Waals surface area (Å²) in [7, 11) is -3.37. The maximum atomic E-state index is 12.4. The largest absolute Gasteiger partial charge is 0.392 e. The van der Waals surface area contributed by atoms with Gasteiger partial charge in [-0.05, 0) is 29.9 Å². The average molecular weight is 302 g/mol. The van der Waals surface area contributed by atoms with Crippen LogP contribution in [-0.4, -0.2) is 55.0 Å². The number of hydrogen-bond donors (Lipinski definition) is 1. The standard InChI is InChI=1S/C12H18N2O3S2/c15-8-10-7-12(18-9-10)19(16,17)14-5-3-13(4-6-14)11-1-2-11/h7,9,11,15H,1-6,8H2. The van der Waals surface area contributed by atoms with Crippen LogP contribution in [-0.2, 0) is 16.6 Å². The third-order valence-corrected chi connectivity index (χ3v) is 7.11. The highest BCUT2D eigenvalue weighted by atomic mass is 32.2. The summed E-state index contributed by atoms with van der Waals surface area (Å²) in [5, 5.41) is 10.7. The molecule has 2 aliphatic rings. The lowest BCUT2D eigenvalue weighted by atomic mass is 10.3. The van der Waals surface area contributed by atoms with Gasteiger partial charge in [-0.15, -0.1) is 11.3 Å². The van der Waals surface area contributed by atoms with Crippen LogP contribution in [0.5, 0.6) is 0 Å². The third kappa shape index (κ3) is 2.71. The van der Waals surface area contributed by atoms with Crippen LogP contribution in [0.2, 0.25) is 0 Å². The van der Waals surface area contributed by atoms with Crippen LogP contribution in [0.25, 0.3) is 0 Å². The van der Waals surface area contributed by atoms with Crippen LogP contribution in [0.3, 0.4) is 0 Å². The molecule has 7 heteroatoms. The van der Waals surface area contributed by atoms with E-state index in [1.807, 2.05) is 0 Å². The van der Waals surface area contributed by atoms with Crippen LogP contribution in [0.1, 0.15) is 18.4 Å². The second kappa shape index (κ2) is 5.14.